The van der Waals surface area contributed by atoms with E-state index in [-0.39, 0.29) is 26.1 Å². The monoisotopic (exact) mass is 500 g/mol. The normalized spacial score (nSPS) is 13.1. The molecule has 0 saturated heterocycles. The number of amides is 2. The Morgan fingerprint density at radius 2 is 1.50 bits per heavy atom. The van der Waals surface area contributed by atoms with E-state index in [2.05, 4.69) is 5.32 Å². The van der Waals surface area contributed by atoms with Gasteiger partial charge in [0.15, 0.2) is 6.04 Å². The molecule has 0 unspecified atom stereocenters. The fourth-order valence-corrected chi connectivity index (χ4v) is 3.47. The Kier molecular flexibility index (Phi) is 11.4. The first-order chi connectivity index (χ1) is 17.2. The van der Waals surface area contributed by atoms with Crippen molar-refractivity contribution in [3.63, 3.8) is 0 Å². The second kappa shape index (κ2) is 14.5. The molecule has 2 N–H and O–H groups in total. The van der Waals surface area contributed by atoms with E-state index in [0.717, 1.165) is 23.1 Å². The van der Waals surface area contributed by atoms with Gasteiger partial charge in [0.25, 0.3) is 0 Å². The summed E-state index contributed by atoms with van der Waals surface area (Å²) in [6.07, 6.45) is -1.98. The van der Waals surface area contributed by atoms with E-state index in [0.29, 0.717) is 0 Å². The maximum atomic E-state index is 12.8. The molecule has 0 heterocycles. The van der Waals surface area contributed by atoms with Crippen LogP contribution in [-0.2, 0) is 41.8 Å². The van der Waals surface area contributed by atoms with Gasteiger partial charge >= 0.3 is 18.0 Å². The van der Waals surface area contributed by atoms with E-state index in [1.54, 1.807) is 31.2 Å². The third-order valence-electron chi connectivity index (χ3n) is 5.50. The van der Waals surface area contributed by atoms with Crippen molar-refractivity contribution in [2.45, 2.75) is 51.2 Å². The Morgan fingerprint density at radius 3 is 2.03 bits per heavy atom. The molecular formula is C26H32N2O8. The molecule has 10 heteroatoms. The lowest BCUT2D eigenvalue weighted by Gasteiger charge is -2.30. The van der Waals surface area contributed by atoms with Crippen molar-refractivity contribution in [1.82, 2.24) is 10.2 Å². The summed E-state index contributed by atoms with van der Waals surface area (Å²) in [6.45, 7) is 1.77. The summed E-state index contributed by atoms with van der Waals surface area (Å²) in [5, 5.41) is 12.1. The van der Waals surface area contributed by atoms with Crippen molar-refractivity contribution in [1.29, 1.82) is 0 Å². The van der Waals surface area contributed by atoms with E-state index in [9.17, 15) is 24.3 Å². The average Bonchev–Trinajstić information content (AvgIpc) is 2.89. The maximum Gasteiger partial charge on any atom is 0.408 e. The number of likely N-dealkylation sites (N-methyl/N-ethyl adjacent to an activating group) is 1. The van der Waals surface area contributed by atoms with Crippen LogP contribution in [0, 0.1) is 0 Å². The number of benzene rings is 2. The topological polar surface area (TPSA) is 131 Å². The Bertz CT molecular complexity index is 1000. The smallest absolute Gasteiger partial charge is 0.408 e. The lowest BCUT2D eigenvalue weighted by Crippen LogP contribution is -2.50. The van der Waals surface area contributed by atoms with Crippen molar-refractivity contribution < 1.29 is 38.5 Å². The maximum absolute atomic E-state index is 12.8. The molecule has 2 amide bonds. The molecule has 3 atom stereocenters. The first kappa shape index (κ1) is 28.3. The van der Waals surface area contributed by atoms with Gasteiger partial charge in [-0.2, -0.15) is 0 Å². The minimum Gasteiger partial charge on any atom is -0.480 e. The van der Waals surface area contributed by atoms with Crippen LogP contribution in [0.25, 0.3) is 0 Å². The van der Waals surface area contributed by atoms with E-state index in [1.165, 1.54) is 7.05 Å². The molecule has 0 saturated carbocycles. The van der Waals surface area contributed by atoms with E-state index >= 15 is 0 Å². The van der Waals surface area contributed by atoms with Crippen LogP contribution in [0.15, 0.2) is 60.7 Å². The summed E-state index contributed by atoms with van der Waals surface area (Å²) in [5.41, 5.74) is 1.64. The summed E-state index contributed by atoms with van der Waals surface area (Å²) in [5.74, 6) is -2.51. The van der Waals surface area contributed by atoms with Gasteiger partial charge in [-0.25, -0.2) is 14.4 Å². The summed E-state index contributed by atoms with van der Waals surface area (Å²) >= 11 is 0. The number of methoxy groups -OCH3 is 1. The number of hydrogen-bond donors (Lipinski definition) is 2. The van der Waals surface area contributed by atoms with Crippen LogP contribution in [-0.4, -0.2) is 66.3 Å². The van der Waals surface area contributed by atoms with Crippen LogP contribution < -0.4 is 5.32 Å². The largest absolute Gasteiger partial charge is 0.480 e. The molecule has 0 aliphatic rings. The van der Waals surface area contributed by atoms with Crippen LogP contribution in [0.2, 0.25) is 0 Å². The van der Waals surface area contributed by atoms with Crippen LogP contribution in [0.5, 0.6) is 0 Å². The minimum absolute atomic E-state index is 0.00337. The third kappa shape index (κ3) is 9.03. The molecule has 194 valence electrons. The molecule has 0 radical (unpaired) electrons. The fourth-order valence-electron chi connectivity index (χ4n) is 3.47. The molecular weight excluding hydrogens is 468 g/mol. The van der Waals surface area contributed by atoms with Gasteiger partial charge in [0, 0.05) is 13.5 Å². The van der Waals surface area contributed by atoms with Gasteiger partial charge in [0.2, 0.25) is 5.91 Å². The number of carbonyl (C=O) groups is 4. The van der Waals surface area contributed by atoms with Crippen molar-refractivity contribution in [3.8, 4) is 0 Å². The van der Waals surface area contributed by atoms with Crippen molar-refractivity contribution >= 4 is 23.9 Å². The number of carbonyl (C=O) groups excluding carboxylic acids is 3. The van der Waals surface area contributed by atoms with Crippen LogP contribution in [0.3, 0.4) is 0 Å². The number of ether oxygens (including phenoxy) is 3. The van der Waals surface area contributed by atoms with Crippen LogP contribution in [0.4, 0.5) is 4.79 Å². The van der Waals surface area contributed by atoms with Gasteiger partial charge in [0.1, 0.15) is 12.6 Å². The number of carboxylic acid groups (broad SMARTS) is 1. The zero-order valence-corrected chi connectivity index (χ0v) is 20.6. The van der Waals surface area contributed by atoms with Gasteiger partial charge in [-0.05, 0) is 24.5 Å². The first-order valence-electron chi connectivity index (χ1n) is 11.4. The molecule has 2 aromatic carbocycles. The molecule has 0 aliphatic heterocycles. The Hall–Kier alpha value is -3.92. The van der Waals surface area contributed by atoms with Crippen LogP contribution >= 0.6 is 0 Å². The lowest BCUT2D eigenvalue weighted by atomic mass is 10.1. The molecule has 0 bridgehead atoms. The molecule has 0 fully saturated rings. The van der Waals surface area contributed by atoms with Gasteiger partial charge in [-0.15, -0.1) is 0 Å². The SMILES string of the molecule is COC(=O)[C@@H](CCC(=O)N(C)[C@H](C(=O)O)[C@@H](C)OCc1ccccc1)NC(=O)OCc1ccccc1. The molecule has 0 aliphatic carbocycles. The predicted octanol–water partition coefficient (Wildman–Crippen LogP) is 2.75. The van der Waals surface area contributed by atoms with Gasteiger partial charge < -0.3 is 29.5 Å². The molecule has 36 heavy (non-hydrogen) atoms. The highest BCUT2D eigenvalue weighted by Gasteiger charge is 2.33. The number of carboxylic acids is 1. The summed E-state index contributed by atoms with van der Waals surface area (Å²) in [6, 6.07) is 15.8. The number of aliphatic carboxylic acids is 1. The van der Waals surface area contributed by atoms with E-state index < -0.39 is 42.1 Å². The number of nitrogens with zero attached hydrogens (tertiary/aromatic N) is 1. The standard InChI is InChI=1S/C26H32N2O8/c1-18(35-16-19-10-6-4-7-11-19)23(24(30)31)28(2)22(29)15-14-21(25(32)34-3)27-26(33)36-17-20-12-8-5-9-13-20/h4-13,18,21,23H,14-17H2,1-3H3,(H,27,33)(H,30,31)/t18-,21-,23+/m1/s1. The Morgan fingerprint density at radius 1 is 0.944 bits per heavy atom. The zero-order chi connectivity index (χ0) is 26.5. The predicted molar refractivity (Wildman–Crippen MR) is 130 cm³/mol. The highest BCUT2D eigenvalue weighted by molar-refractivity contribution is 5.85. The Labute approximate surface area is 210 Å². The molecule has 0 aromatic heterocycles. The van der Waals surface area contributed by atoms with Crippen molar-refractivity contribution in [2.24, 2.45) is 0 Å². The molecule has 10 nitrogen and oxygen atoms in total. The van der Waals surface area contributed by atoms with Crippen molar-refractivity contribution in [2.75, 3.05) is 14.2 Å². The molecule has 2 aromatic rings. The number of rotatable bonds is 13. The number of nitrogens with one attached hydrogen (secondary N) is 1. The first-order valence-corrected chi connectivity index (χ1v) is 11.4. The van der Waals surface area contributed by atoms with Crippen molar-refractivity contribution in [3.05, 3.63) is 71.8 Å². The summed E-state index contributed by atoms with van der Waals surface area (Å²) in [4.78, 5) is 50.1. The summed E-state index contributed by atoms with van der Waals surface area (Å²) < 4.78 is 15.5. The lowest BCUT2D eigenvalue weighted by molar-refractivity contribution is -0.156. The van der Waals surface area contributed by atoms with Crippen LogP contribution in [0.1, 0.15) is 30.9 Å². The zero-order valence-electron chi connectivity index (χ0n) is 20.6. The Balaban J connectivity index is 1.92. The quantitative estimate of drug-likeness (QED) is 0.402. The van der Waals surface area contributed by atoms with E-state index in [1.807, 2.05) is 36.4 Å². The fraction of sp³-hybridized carbons (Fsp3) is 0.385. The highest BCUT2D eigenvalue weighted by atomic mass is 16.6. The van der Waals surface area contributed by atoms with Gasteiger partial charge in [0.05, 0.1) is 19.8 Å². The van der Waals surface area contributed by atoms with Gasteiger partial charge in [-0.3, -0.25) is 4.79 Å². The highest BCUT2D eigenvalue weighted by Crippen LogP contribution is 2.13. The minimum atomic E-state index is -1.25. The second-order valence-corrected chi connectivity index (χ2v) is 8.11. The van der Waals surface area contributed by atoms with Gasteiger partial charge in [-0.1, -0.05) is 60.7 Å². The van der Waals surface area contributed by atoms with E-state index in [4.69, 9.17) is 14.2 Å². The number of esters is 1. The average molecular weight is 501 g/mol. The molecule has 0 spiro atoms. The third-order valence-corrected chi connectivity index (χ3v) is 5.50. The number of hydrogen-bond acceptors (Lipinski definition) is 7. The number of alkyl carbamates (subject to hydrolysis) is 1. The summed E-state index contributed by atoms with van der Waals surface area (Å²) in [7, 11) is 2.52. The second-order valence-electron chi connectivity index (χ2n) is 8.11. The molecule has 2 rings (SSSR count).